The molecule has 110 valence electrons. The number of hydrogen-bond acceptors (Lipinski definition) is 4. The molecule has 2 rings (SSSR count). The van der Waals surface area contributed by atoms with E-state index in [1.807, 2.05) is 0 Å². The molecule has 0 radical (unpaired) electrons. The summed E-state index contributed by atoms with van der Waals surface area (Å²) in [7, 11) is 3.53. The number of esters is 1. The van der Waals surface area contributed by atoms with E-state index in [-0.39, 0.29) is 5.97 Å². The van der Waals surface area contributed by atoms with Crippen molar-refractivity contribution in [2.75, 3.05) is 33.9 Å². The van der Waals surface area contributed by atoms with Crippen molar-refractivity contribution < 1.29 is 14.3 Å². The molecule has 0 N–H and O–H groups in total. The number of carbonyl (C=O) groups excluding carboxylic acids is 1. The number of ether oxygens (including phenoxy) is 2. The minimum atomic E-state index is -0.128. The smallest absolute Gasteiger partial charge is 0.305 e. The van der Waals surface area contributed by atoms with Crippen LogP contribution in [0.25, 0.3) is 0 Å². The normalized spacial score (nSPS) is 13.2. The highest BCUT2D eigenvalue weighted by Crippen LogP contribution is 2.25. The van der Waals surface area contributed by atoms with Gasteiger partial charge in [0, 0.05) is 19.4 Å². The number of benzene rings is 1. The van der Waals surface area contributed by atoms with Crippen molar-refractivity contribution in [3.8, 4) is 5.75 Å². The number of hydrogen-bond donors (Lipinski definition) is 0. The second-order valence-electron chi connectivity index (χ2n) is 5.27. The van der Waals surface area contributed by atoms with Crippen molar-refractivity contribution in [3.05, 3.63) is 29.3 Å². The molecule has 0 unspecified atom stereocenters. The Morgan fingerprint density at radius 2 is 2.25 bits per heavy atom. The van der Waals surface area contributed by atoms with Crippen molar-refractivity contribution in [1.82, 2.24) is 4.90 Å². The fraction of sp³-hybridized carbons (Fsp3) is 0.562. The average Bonchev–Trinajstić information content (AvgIpc) is 2.92. The zero-order valence-corrected chi connectivity index (χ0v) is 12.4. The first-order chi connectivity index (χ1) is 9.69. The molecule has 0 saturated carbocycles. The van der Waals surface area contributed by atoms with Gasteiger partial charge < -0.3 is 14.4 Å². The first-order valence-electron chi connectivity index (χ1n) is 7.19. The quantitative estimate of drug-likeness (QED) is 0.715. The summed E-state index contributed by atoms with van der Waals surface area (Å²) in [4.78, 5) is 13.3. The van der Waals surface area contributed by atoms with Crippen molar-refractivity contribution >= 4 is 5.97 Å². The Kier molecular flexibility index (Phi) is 5.41. The largest absolute Gasteiger partial charge is 0.493 e. The molecular formula is C16H23NO3. The summed E-state index contributed by atoms with van der Waals surface area (Å²) in [5, 5.41) is 0. The van der Waals surface area contributed by atoms with Gasteiger partial charge in [-0.1, -0.05) is 12.1 Å². The summed E-state index contributed by atoms with van der Waals surface area (Å²) < 4.78 is 10.1. The summed E-state index contributed by atoms with van der Waals surface area (Å²) in [5.41, 5.74) is 2.69. The number of methoxy groups -OCH3 is 1. The van der Waals surface area contributed by atoms with Gasteiger partial charge in [0.15, 0.2) is 0 Å². The number of likely N-dealkylation sites (N-methyl/N-ethyl adjacent to an activating group) is 1. The fourth-order valence-electron chi connectivity index (χ4n) is 2.42. The van der Waals surface area contributed by atoms with E-state index in [0.717, 1.165) is 44.7 Å². The number of rotatable bonds is 7. The zero-order chi connectivity index (χ0) is 14.4. The lowest BCUT2D eigenvalue weighted by molar-refractivity contribution is -0.140. The maximum atomic E-state index is 11.0. The first kappa shape index (κ1) is 14.9. The lowest BCUT2D eigenvalue weighted by Crippen LogP contribution is -2.23. The molecule has 4 nitrogen and oxygen atoms in total. The highest BCUT2D eigenvalue weighted by Gasteiger charge is 2.12. The summed E-state index contributed by atoms with van der Waals surface area (Å²) in [5.74, 6) is 0.914. The third-order valence-electron chi connectivity index (χ3n) is 3.68. The van der Waals surface area contributed by atoms with Gasteiger partial charge in [0.1, 0.15) is 5.75 Å². The van der Waals surface area contributed by atoms with Crippen LogP contribution in [0.1, 0.15) is 24.0 Å². The van der Waals surface area contributed by atoms with E-state index in [1.165, 1.54) is 18.2 Å². The Hall–Kier alpha value is -1.55. The second-order valence-corrected chi connectivity index (χ2v) is 5.27. The van der Waals surface area contributed by atoms with Crippen LogP contribution in [0.3, 0.4) is 0 Å². The Morgan fingerprint density at radius 1 is 1.40 bits per heavy atom. The molecule has 0 spiro atoms. The van der Waals surface area contributed by atoms with Crippen LogP contribution in [0, 0.1) is 0 Å². The maximum absolute atomic E-state index is 11.0. The van der Waals surface area contributed by atoms with Crippen LogP contribution < -0.4 is 4.74 Å². The average molecular weight is 277 g/mol. The zero-order valence-electron chi connectivity index (χ0n) is 12.4. The van der Waals surface area contributed by atoms with Crippen LogP contribution >= 0.6 is 0 Å². The lowest BCUT2D eigenvalue weighted by atomic mass is 10.1. The van der Waals surface area contributed by atoms with Crippen LogP contribution in [0.5, 0.6) is 5.75 Å². The molecule has 1 aromatic carbocycles. The third-order valence-corrected chi connectivity index (χ3v) is 3.68. The third kappa shape index (κ3) is 4.23. The molecule has 20 heavy (non-hydrogen) atoms. The van der Waals surface area contributed by atoms with Crippen molar-refractivity contribution in [2.24, 2.45) is 0 Å². The van der Waals surface area contributed by atoms with Crippen molar-refractivity contribution in [1.29, 1.82) is 0 Å². The Bertz CT molecular complexity index is 459. The van der Waals surface area contributed by atoms with E-state index in [4.69, 9.17) is 4.74 Å². The molecule has 0 bridgehead atoms. The van der Waals surface area contributed by atoms with Gasteiger partial charge in [0.2, 0.25) is 0 Å². The highest BCUT2D eigenvalue weighted by molar-refractivity contribution is 5.69. The summed E-state index contributed by atoms with van der Waals surface area (Å²) in [6.07, 6.45) is 3.40. The molecule has 1 aliphatic rings. The molecule has 0 atom stereocenters. The minimum absolute atomic E-state index is 0.128. The molecule has 1 heterocycles. The second kappa shape index (κ2) is 7.29. The van der Waals surface area contributed by atoms with Gasteiger partial charge in [0.25, 0.3) is 0 Å². The van der Waals surface area contributed by atoms with Gasteiger partial charge >= 0.3 is 5.97 Å². The summed E-state index contributed by atoms with van der Waals surface area (Å²) in [6, 6.07) is 6.48. The Balaban J connectivity index is 1.70. The monoisotopic (exact) mass is 277 g/mol. The number of carbonyl (C=O) groups is 1. The molecular weight excluding hydrogens is 254 g/mol. The van der Waals surface area contributed by atoms with Gasteiger partial charge in [-0.3, -0.25) is 4.79 Å². The van der Waals surface area contributed by atoms with Crippen LogP contribution in [0.2, 0.25) is 0 Å². The molecule has 0 aromatic heterocycles. The molecule has 4 heteroatoms. The fourth-order valence-corrected chi connectivity index (χ4v) is 2.42. The topological polar surface area (TPSA) is 38.8 Å². The van der Waals surface area contributed by atoms with Crippen LogP contribution in [-0.2, 0) is 22.4 Å². The predicted octanol–water partition coefficient (Wildman–Crippen LogP) is 2.05. The number of nitrogens with zero attached hydrogens (tertiary/aromatic N) is 1. The van der Waals surface area contributed by atoms with Crippen molar-refractivity contribution in [2.45, 2.75) is 25.7 Å². The van der Waals surface area contributed by atoms with Crippen LogP contribution in [0.4, 0.5) is 0 Å². The van der Waals surface area contributed by atoms with E-state index in [9.17, 15) is 4.79 Å². The van der Waals surface area contributed by atoms with Crippen LogP contribution in [0.15, 0.2) is 18.2 Å². The van der Waals surface area contributed by atoms with E-state index >= 15 is 0 Å². The van der Waals surface area contributed by atoms with Gasteiger partial charge in [-0.15, -0.1) is 0 Å². The minimum Gasteiger partial charge on any atom is -0.493 e. The van der Waals surface area contributed by atoms with E-state index < -0.39 is 0 Å². The lowest BCUT2D eigenvalue weighted by Gasteiger charge is -2.16. The summed E-state index contributed by atoms with van der Waals surface area (Å²) in [6.45, 7) is 2.73. The Morgan fingerprint density at radius 3 is 3.05 bits per heavy atom. The molecule has 1 aliphatic heterocycles. The molecule has 1 aromatic rings. The maximum Gasteiger partial charge on any atom is 0.305 e. The van der Waals surface area contributed by atoms with Crippen molar-refractivity contribution in [3.63, 3.8) is 0 Å². The SMILES string of the molecule is COC(=O)CCCN(C)CCc1ccc2c(c1)CCO2. The molecule has 0 amide bonds. The Labute approximate surface area is 120 Å². The van der Waals surface area contributed by atoms with Gasteiger partial charge in [-0.05, 0) is 43.6 Å². The van der Waals surface area contributed by atoms with E-state index in [0.29, 0.717) is 6.42 Å². The molecule has 0 aliphatic carbocycles. The molecule has 0 saturated heterocycles. The summed E-state index contributed by atoms with van der Waals surface area (Å²) >= 11 is 0. The van der Waals surface area contributed by atoms with E-state index in [2.05, 4.69) is 34.9 Å². The number of fused-ring (bicyclic) bond motifs is 1. The predicted molar refractivity (Wildman–Crippen MR) is 78.1 cm³/mol. The van der Waals surface area contributed by atoms with Crippen LogP contribution in [-0.4, -0.2) is 44.7 Å². The molecule has 0 fully saturated rings. The van der Waals surface area contributed by atoms with Gasteiger partial charge in [-0.2, -0.15) is 0 Å². The standard InChI is InChI=1S/C16H23NO3/c1-17(9-3-4-16(18)19-2)10-7-13-5-6-15-14(12-13)8-11-20-15/h5-6,12H,3-4,7-11H2,1-2H3. The highest BCUT2D eigenvalue weighted by atomic mass is 16.5. The van der Waals surface area contributed by atoms with Gasteiger partial charge in [0.05, 0.1) is 13.7 Å². The van der Waals surface area contributed by atoms with E-state index in [1.54, 1.807) is 0 Å². The first-order valence-corrected chi connectivity index (χ1v) is 7.19. The van der Waals surface area contributed by atoms with Gasteiger partial charge in [-0.25, -0.2) is 0 Å².